The van der Waals surface area contributed by atoms with E-state index < -0.39 is 34.7 Å². The Balaban J connectivity index is 1.33. The molecule has 9 nitrogen and oxygen atoms in total. The van der Waals surface area contributed by atoms with Gasteiger partial charge in [0.25, 0.3) is 0 Å². The lowest BCUT2D eigenvalue weighted by molar-refractivity contribution is -0.133. The lowest BCUT2D eigenvalue weighted by atomic mass is 10.0. The Morgan fingerprint density at radius 1 is 0.907 bits per heavy atom. The number of anilines is 2. The van der Waals surface area contributed by atoms with E-state index in [2.05, 4.69) is 4.98 Å². The van der Waals surface area contributed by atoms with E-state index in [-0.39, 0.29) is 35.5 Å². The summed E-state index contributed by atoms with van der Waals surface area (Å²) in [5.74, 6) is -3.73. The predicted molar refractivity (Wildman–Crippen MR) is 151 cm³/mol. The maximum absolute atomic E-state index is 15.7. The van der Waals surface area contributed by atoms with E-state index in [0.717, 1.165) is 42.0 Å². The maximum atomic E-state index is 15.7. The number of nitrogens with zero attached hydrogens (tertiary/aromatic N) is 2. The number of rotatable bonds is 10. The van der Waals surface area contributed by atoms with E-state index in [1.54, 1.807) is 18.2 Å². The van der Waals surface area contributed by atoms with Gasteiger partial charge in [0.2, 0.25) is 11.8 Å². The summed E-state index contributed by atoms with van der Waals surface area (Å²) in [7, 11) is 1.50. The fraction of sp³-hybridized carbons (Fsp3) is 0.258. The van der Waals surface area contributed by atoms with Crippen molar-refractivity contribution >= 4 is 34.1 Å². The minimum atomic E-state index is -1.56. The Morgan fingerprint density at radius 3 is 2.30 bits per heavy atom. The predicted octanol–water partition coefficient (Wildman–Crippen LogP) is 5.25. The van der Waals surface area contributed by atoms with Crippen LogP contribution in [0.4, 0.5) is 24.5 Å². The van der Waals surface area contributed by atoms with Crippen molar-refractivity contribution in [2.75, 3.05) is 18.6 Å². The van der Waals surface area contributed by atoms with Crippen LogP contribution in [0.1, 0.15) is 25.7 Å². The summed E-state index contributed by atoms with van der Waals surface area (Å²) < 4.78 is 60.9. The molecule has 2 saturated carbocycles. The van der Waals surface area contributed by atoms with E-state index >= 15 is 4.39 Å². The first-order valence-corrected chi connectivity index (χ1v) is 13.5. The number of primary amides is 1. The van der Waals surface area contributed by atoms with Gasteiger partial charge in [-0.1, -0.05) is 0 Å². The number of fused-ring (bicyclic) bond motifs is 1. The number of pyridine rings is 1. The largest absolute Gasteiger partial charge is 0.493 e. The van der Waals surface area contributed by atoms with Gasteiger partial charge in [0, 0.05) is 29.8 Å². The Morgan fingerprint density at radius 2 is 1.67 bits per heavy atom. The number of hydrogen-bond acceptors (Lipinski definition) is 7. The second-order valence-corrected chi connectivity index (χ2v) is 10.9. The molecule has 2 aliphatic carbocycles. The number of hydrogen-bond donors (Lipinski definition) is 2. The van der Waals surface area contributed by atoms with E-state index in [0.29, 0.717) is 34.8 Å². The molecule has 4 aromatic rings. The minimum Gasteiger partial charge on any atom is -0.493 e. The SMILES string of the molecule is COc1cc2c(Oc3ccc(N(C(=O)C4(C(N)=O)CC4)c4ccc(F)c(F)c4)c(F)c3)ccnc2cc1OCC1(N)CC1. The number of halogens is 3. The van der Waals surface area contributed by atoms with Crippen molar-refractivity contribution in [3.63, 3.8) is 0 Å². The third kappa shape index (κ3) is 5.29. The maximum Gasteiger partial charge on any atom is 0.247 e. The Hall–Kier alpha value is -4.84. The zero-order chi connectivity index (χ0) is 30.5. The summed E-state index contributed by atoms with van der Waals surface area (Å²) in [5.41, 5.74) is 9.79. The van der Waals surface area contributed by atoms with Crippen LogP contribution in [0, 0.1) is 22.9 Å². The molecule has 2 amide bonds. The normalized spacial score (nSPS) is 15.9. The Labute approximate surface area is 244 Å². The summed E-state index contributed by atoms with van der Waals surface area (Å²) >= 11 is 0. The molecule has 1 aromatic heterocycles. The third-order valence-corrected chi connectivity index (χ3v) is 7.78. The van der Waals surface area contributed by atoms with Crippen molar-refractivity contribution in [2.24, 2.45) is 16.9 Å². The molecule has 0 aliphatic heterocycles. The zero-order valence-corrected chi connectivity index (χ0v) is 23.0. The van der Waals surface area contributed by atoms with Gasteiger partial charge in [0.05, 0.1) is 29.5 Å². The van der Waals surface area contributed by atoms with E-state index in [9.17, 15) is 18.4 Å². The van der Waals surface area contributed by atoms with Crippen LogP contribution in [0.2, 0.25) is 0 Å². The van der Waals surface area contributed by atoms with Crippen LogP contribution in [0.5, 0.6) is 23.0 Å². The number of ether oxygens (including phenoxy) is 3. The average molecular weight is 593 g/mol. The van der Waals surface area contributed by atoms with Gasteiger partial charge in [0.15, 0.2) is 29.0 Å². The van der Waals surface area contributed by atoms with Gasteiger partial charge in [-0.05, 0) is 62.1 Å². The van der Waals surface area contributed by atoms with Crippen LogP contribution >= 0.6 is 0 Å². The van der Waals surface area contributed by atoms with Crippen LogP contribution in [-0.4, -0.2) is 36.1 Å². The molecule has 0 unspecified atom stereocenters. The van der Waals surface area contributed by atoms with Crippen LogP contribution in [0.25, 0.3) is 10.9 Å². The first-order valence-electron chi connectivity index (χ1n) is 13.5. The molecule has 2 fully saturated rings. The molecule has 2 aliphatic rings. The quantitative estimate of drug-likeness (QED) is 0.241. The lowest BCUT2D eigenvalue weighted by Crippen LogP contribution is -2.41. The highest BCUT2D eigenvalue weighted by Gasteiger charge is 2.57. The second kappa shape index (κ2) is 10.5. The second-order valence-electron chi connectivity index (χ2n) is 10.9. The summed E-state index contributed by atoms with van der Waals surface area (Å²) in [4.78, 5) is 30.8. The molecule has 0 radical (unpaired) electrons. The van der Waals surface area contributed by atoms with Crippen LogP contribution in [0.15, 0.2) is 60.8 Å². The Bertz CT molecular complexity index is 1770. The van der Waals surface area contributed by atoms with E-state index in [1.165, 1.54) is 25.4 Å². The fourth-order valence-electron chi connectivity index (χ4n) is 4.77. The summed E-state index contributed by atoms with van der Waals surface area (Å²) in [6.07, 6.45) is 3.60. The topological polar surface area (TPSA) is 130 Å². The summed E-state index contributed by atoms with van der Waals surface area (Å²) in [6, 6.07) is 11.3. The molecule has 1 heterocycles. The lowest BCUT2D eigenvalue weighted by Gasteiger charge is -2.27. The monoisotopic (exact) mass is 592 g/mol. The molecule has 43 heavy (non-hydrogen) atoms. The van der Waals surface area contributed by atoms with Crippen LogP contribution in [0.3, 0.4) is 0 Å². The van der Waals surface area contributed by atoms with Crippen molar-refractivity contribution in [3.8, 4) is 23.0 Å². The molecule has 12 heteroatoms. The van der Waals surface area contributed by atoms with Crippen LogP contribution < -0.4 is 30.6 Å². The number of methoxy groups -OCH3 is 1. The number of aromatic nitrogens is 1. The summed E-state index contributed by atoms with van der Waals surface area (Å²) in [5, 5.41) is 0.556. The van der Waals surface area contributed by atoms with Crippen molar-refractivity contribution in [1.29, 1.82) is 0 Å². The molecular weight excluding hydrogens is 565 g/mol. The molecule has 6 rings (SSSR count). The molecule has 3 aromatic carbocycles. The number of carbonyl (C=O) groups excluding carboxylic acids is 2. The highest BCUT2D eigenvalue weighted by atomic mass is 19.2. The molecule has 0 spiro atoms. The highest BCUT2D eigenvalue weighted by Crippen LogP contribution is 2.49. The van der Waals surface area contributed by atoms with Gasteiger partial charge in [-0.2, -0.15) is 0 Å². The van der Waals surface area contributed by atoms with Crippen molar-refractivity contribution < 1.29 is 37.0 Å². The fourth-order valence-corrected chi connectivity index (χ4v) is 4.77. The highest BCUT2D eigenvalue weighted by molar-refractivity contribution is 6.16. The molecule has 222 valence electrons. The first kappa shape index (κ1) is 28.3. The average Bonchev–Trinajstić information content (AvgIpc) is 3.92. The van der Waals surface area contributed by atoms with Crippen molar-refractivity contribution in [2.45, 2.75) is 31.2 Å². The van der Waals surface area contributed by atoms with Gasteiger partial charge in [-0.15, -0.1) is 0 Å². The number of amides is 2. The van der Waals surface area contributed by atoms with E-state index in [4.69, 9.17) is 25.7 Å². The van der Waals surface area contributed by atoms with Gasteiger partial charge in [-0.25, -0.2) is 13.2 Å². The van der Waals surface area contributed by atoms with Crippen LogP contribution in [-0.2, 0) is 9.59 Å². The Kier molecular flexibility index (Phi) is 6.88. The smallest absolute Gasteiger partial charge is 0.247 e. The third-order valence-electron chi connectivity index (χ3n) is 7.78. The van der Waals surface area contributed by atoms with Crippen molar-refractivity contribution in [3.05, 3.63) is 78.2 Å². The number of benzene rings is 3. The standard InChI is InChI=1S/C31H27F3N4O5/c1-41-26-14-19-23(15-27(26)42-16-30(36)7-8-30)37-11-6-25(19)43-18-3-5-24(22(34)13-18)38(17-2-4-20(32)21(33)12-17)29(40)31(9-10-31)28(35)39/h2-6,11-15H,7-10,16,36H2,1H3,(H2,35,39). The van der Waals surface area contributed by atoms with Gasteiger partial charge < -0.3 is 25.7 Å². The molecule has 0 bridgehead atoms. The molecule has 0 saturated heterocycles. The van der Waals surface area contributed by atoms with Gasteiger partial charge in [0.1, 0.15) is 23.5 Å². The van der Waals surface area contributed by atoms with Gasteiger partial charge in [-0.3, -0.25) is 19.5 Å². The van der Waals surface area contributed by atoms with Gasteiger partial charge >= 0.3 is 0 Å². The summed E-state index contributed by atoms with van der Waals surface area (Å²) in [6.45, 7) is 0.335. The number of nitrogens with two attached hydrogens (primary N) is 2. The van der Waals surface area contributed by atoms with E-state index in [1.807, 2.05) is 0 Å². The minimum absolute atomic E-state index is 0.0700. The zero-order valence-electron chi connectivity index (χ0n) is 23.0. The van der Waals surface area contributed by atoms with Crippen molar-refractivity contribution in [1.82, 2.24) is 4.98 Å². The molecular formula is C31H27F3N4O5. The first-order chi connectivity index (χ1) is 20.5. The molecule has 0 atom stereocenters. The number of carbonyl (C=O) groups is 2. The molecule has 4 N–H and O–H groups in total.